The van der Waals surface area contributed by atoms with Gasteiger partial charge >= 0.3 is 6.03 Å². The van der Waals surface area contributed by atoms with Crippen LogP contribution in [0.1, 0.15) is 29.9 Å². The van der Waals surface area contributed by atoms with Gasteiger partial charge in [-0.3, -0.25) is 4.79 Å². The van der Waals surface area contributed by atoms with E-state index >= 15 is 0 Å². The first kappa shape index (κ1) is 19.8. The molecule has 0 aliphatic heterocycles. The molecule has 3 amide bonds. The van der Waals surface area contributed by atoms with Crippen molar-refractivity contribution < 1.29 is 9.59 Å². The number of carbonyl (C=O) groups is 2. The number of para-hydroxylation sites is 1. The molecule has 0 aliphatic carbocycles. The fourth-order valence-electron chi connectivity index (χ4n) is 3.29. The second-order valence-electron chi connectivity index (χ2n) is 6.56. The topological polar surface area (TPSA) is 100 Å². The number of rotatable bonds is 8. The molecular formula is C21H23ClN4O2. The first-order chi connectivity index (χ1) is 13.6. The molecule has 0 aliphatic rings. The van der Waals surface area contributed by atoms with Gasteiger partial charge < -0.3 is 21.4 Å². The Kier molecular flexibility index (Phi) is 6.55. The van der Waals surface area contributed by atoms with Crippen molar-refractivity contribution in [1.29, 1.82) is 0 Å². The van der Waals surface area contributed by atoms with Crippen molar-refractivity contribution in [3.05, 3.63) is 70.9 Å². The smallest absolute Gasteiger partial charge is 0.312 e. The van der Waals surface area contributed by atoms with E-state index in [1.807, 2.05) is 48.7 Å². The van der Waals surface area contributed by atoms with Gasteiger partial charge in [-0.15, -0.1) is 0 Å². The molecule has 7 heteroatoms. The number of nitrogens with two attached hydrogens (primary N) is 1. The normalized spacial score (nSPS) is 11.9. The van der Waals surface area contributed by atoms with Gasteiger partial charge in [0.2, 0.25) is 5.91 Å². The average molecular weight is 399 g/mol. The summed E-state index contributed by atoms with van der Waals surface area (Å²) in [6.07, 6.45) is 2.81. The van der Waals surface area contributed by atoms with Crippen molar-refractivity contribution in [1.82, 2.24) is 15.6 Å². The summed E-state index contributed by atoms with van der Waals surface area (Å²) in [7, 11) is 0. The third kappa shape index (κ3) is 4.84. The number of fused-ring (bicyclic) bond motifs is 1. The minimum absolute atomic E-state index is 0.0804. The Morgan fingerprint density at radius 3 is 2.57 bits per heavy atom. The molecule has 0 unspecified atom stereocenters. The average Bonchev–Trinajstić information content (AvgIpc) is 3.11. The molecule has 146 valence electrons. The number of halogens is 1. The maximum absolute atomic E-state index is 12.2. The zero-order valence-corrected chi connectivity index (χ0v) is 16.1. The maximum atomic E-state index is 12.2. The molecule has 0 saturated heterocycles. The highest BCUT2D eigenvalue weighted by Crippen LogP contribution is 2.34. The number of urea groups is 1. The van der Waals surface area contributed by atoms with Crippen LogP contribution in [0.15, 0.2) is 54.7 Å². The van der Waals surface area contributed by atoms with Crippen LogP contribution in [-0.2, 0) is 4.79 Å². The minimum atomic E-state index is -0.585. The van der Waals surface area contributed by atoms with Crippen LogP contribution in [-0.4, -0.2) is 30.0 Å². The first-order valence-electron chi connectivity index (χ1n) is 9.16. The summed E-state index contributed by atoms with van der Waals surface area (Å²) in [6.45, 7) is 0.798. The van der Waals surface area contributed by atoms with Gasteiger partial charge in [0.15, 0.2) is 0 Å². The first-order valence-corrected chi connectivity index (χ1v) is 9.54. The number of aromatic nitrogens is 1. The van der Waals surface area contributed by atoms with E-state index in [0.717, 1.165) is 22.0 Å². The lowest BCUT2D eigenvalue weighted by Crippen LogP contribution is -2.32. The highest BCUT2D eigenvalue weighted by molar-refractivity contribution is 6.31. The highest BCUT2D eigenvalue weighted by Gasteiger charge is 2.21. The maximum Gasteiger partial charge on any atom is 0.312 e. The number of H-pyrrole nitrogens is 1. The number of benzene rings is 2. The van der Waals surface area contributed by atoms with Crippen LogP contribution in [0.3, 0.4) is 0 Å². The van der Waals surface area contributed by atoms with Gasteiger partial charge in [-0.1, -0.05) is 48.0 Å². The molecule has 28 heavy (non-hydrogen) atoms. The van der Waals surface area contributed by atoms with Crippen molar-refractivity contribution in [2.75, 3.05) is 13.1 Å². The number of nitrogens with one attached hydrogen (secondary N) is 3. The predicted octanol–water partition coefficient (Wildman–Crippen LogP) is 3.52. The van der Waals surface area contributed by atoms with Gasteiger partial charge in [0.1, 0.15) is 0 Å². The lowest BCUT2D eigenvalue weighted by Gasteiger charge is -2.19. The third-order valence-electron chi connectivity index (χ3n) is 4.66. The van der Waals surface area contributed by atoms with Crippen molar-refractivity contribution in [3.63, 3.8) is 0 Å². The molecule has 3 rings (SSSR count). The molecule has 2 aromatic carbocycles. The Hall–Kier alpha value is -2.99. The Bertz CT molecular complexity index is 970. The summed E-state index contributed by atoms with van der Waals surface area (Å²) in [5.41, 5.74) is 8.11. The van der Waals surface area contributed by atoms with Gasteiger partial charge in [-0.2, -0.15) is 0 Å². The van der Waals surface area contributed by atoms with Gasteiger partial charge in [-0.25, -0.2) is 4.79 Å². The van der Waals surface area contributed by atoms with Crippen molar-refractivity contribution in [2.45, 2.75) is 18.8 Å². The Morgan fingerprint density at radius 2 is 1.79 bits per heavy atom. The molecule has 0 radical (unpaired) electrons. The van der Waals surface area contributed by atoms with Gasteiger partial charge in [0.25, 0.3) is 0 Å². The molecule has 0 spiro atoms. The molecule has 1 atom stereocenters. The Balaban J connectivity index is 1.76. The van der Waals surface area contributed by atoms with Crippen LogP contribution in [0.5, 0.6) is 0 Å². The molecule has 1 aromatic heterocycles. The Morgan fingerprint density at radius 1 is 1.04 bits per heavy atom. The van der Waals surface area contributed by atoms with Crippen LogP contribution in [0.2, 0.25) is 5.02 Å². The van der Waals surface area contributed by atoms with Crippen LogP contribution < -0.4 is 16.4 Å². The van der Waals surface area contributed by atoms with Crippen LogP contribution in [0.4, 0.5) is 4.79 Å². The zero-order chi connectivity index (χ0) is 19.9. The summed E-state index contributed by atoms with van der Waals surface area (Å²) in [6, 6.07) is 15.1. The van der Waals surface area contributed by atoms with Crippen LogP contribution in [0, 0.1) is 0 Å². The standard InChI is InChI=1S/C21H23ClN4O2/c22-18-8-3-1-6-14(18)16(13-26-20(27)10-5-11-24-21(23)28)17-12-25-19-9-4-2-7-15(17)19/h1-4,6-9,12,16,25H,5,10-11,13H2,(H,26,27)(H3,23,24,28)/t16-/m0/s1. The van der Waals surface area contributed by atoms with Gasteiger partial charge in [0.05, 0.1) is 0 Å². The van der Waals surface area contributed by atoms with E-state index in [1.54, 1.807) is 0 Å². The SMILES string of the molecule is NC(=O)NCCCC(=O)NC[C@@H](c1ccccc1Cl)c1c[nH]c2ccccc12. The monoisotopic (exact) mass is 398 g/mol. The van der Waals surface area contributed by atoms with E-state index in [9.17, 15) is 9.59 Å². The number of hydrogen-bond acceptors (Lipinski definition) is 2. The van der Waals surface area contributed by atoms with E-state index in [-0.39, 0.29) is 11.8 Å². The second-order valence-corrected chi connectivity index (χ2v) is 6.97. The Labute approximate surface area is 168 Å². The summed E-state index contributed by atoms with van der Waals surface area (Å²) < 4.78 is 0. The lowest BCUT2D eigenvalue weighted by atomic mass is 9.90. The van der Waals surface area contributed by atoms with Crippen LogP contribution >= 0.6 is 11.6 Å². The third-order valence-corrected chi connectivity index (χ3v) is 5.00. The van der Waals surface area contributed by atoms with E-state index in [4.69, 9.17) is 17.3 Å². The predicted molar refractivity (Wildman–Crippen MR) is 111 cm³/mol. The molecule has 5 N–H and O–H groups in total. The number of amides is 3. The fraction of sp³-hybridized carbons (Fsp3) is 0.238. The van der Waals surface area contributed by atoms with Gasteiger partial charge in [0, 0.05) is 47.6 Å². The van der Waals surface area contributed by atoms with E-state index in [2.05, 4.69) is 21.7 Å². The summed E-state index contributed by atoms with van der Waals surface area (Å²) in [4.78, 5) is 26.2. The van der Waals surface area contributed by atoms with Crippen molar-refractivity contribution in [2.24, 2.45) is 5.73 Å². The minimum Gasteiger partial charge on any atom is -0.361 e. The second kappa shape index (κ2) is 9.28. The van der Waals surface area contributed by atoms with Gasteiger partial charge in [-0.05, 0) is 29.7 Å². The number of primary amides is 1. The summed E-state index contributed by atoms with van der Waals surface area (Å²) in [5, 5.41) is 7.24. The van der Waals surface area contributed by atoms with Crippen molar-refractivity contribution in [3.8, 4) is 0 Å². The zero-order valence-electron chi connectivity index (χ0n) is 15.4. The number of hydrogen-bond donors (Lipinski definition) is 4. The summed E-state index contributed by atoms with van der Waals surface area (Å²) in [5.74, 6) is -0.166. The van der Waals surface area contributed by atoms with E-state index in [0.29, 0.717) is 31.0 Å². The number of carbonyl (C=O) groups excluding carboxylic acids is 2. The van der Waals surface area contributed by atoms with E-state index in [1.165, 1.54) is 0 Å². The summed E-state index contributed by atoms with van der Waals surface area (Å²) >= 11 is 6.46. The van der Waals surface area contributed by atoms with Crippen LogP contribution in [0.25, 0.3) is 10.9 Å². The number of aromatic amines is 1. The molecule has 6 nitrogen and oxygen atoms in total. The largest absolute Gasteiger partial charge is 0.361 e. The molecular weight excluding hydrogens is 376 g/mol. The van der Waals surface area contributed by atoms with E-state index < -0.39 is 6.03 Å². The highest BCUT2D eigenvalue weighted by atomic mass is 35.5. The quantitative estimate of drug-likeness (QED) is 0.436. The molecule has 3 aromatic rings. The lowest BCUT2D eigenvalue weighted by molar-refractivity contribution is -0.121. The fourth-order valence-corrected chi connectivity index (χ4v) is 3.56. The molecule has 1 heterocycles. The molecule has 0 bridgehead atoms. The van der Waals surface area contributed by atoms with Crippen molar-refractivity contribution >= 4 is 34.4 Å². The molecule has 0 saturated carbocycles. The molecule has 0 fully saturated rings.